The second-order valence-corrected chi connectivity index (χ2v) is 4.21. The van der Waals surface area contributed by atoms with E-state index in [9.17, 15) is 14.0 Å². The summed E-state index contributed by atoms with van der Waals surface area (Å²) >= 11 is 0. The monoisotopic (exact) mass is 276 g/mol. The van der Waals surface area contributed by atoms with Crippen molar-refractivity contribution in [2.75, 3.05) is 0 Å². The predicted octanol–water partition coefficient (Wildman–Crippen LogP) is 0.430. The third-order valence-corrected chi connectivity index (χ3v) is 2.77. The number of nitrogens with one attached hydrogen (secondary N) is 3. The Bertz CT molecular complexity index is 569. The Morgan fingerprint density at radius 3 is 2.85 bits per heavy atom. The molecule has 0 aliphatic carbocycles. The number of hydrogen-bond donors (Lipinski definition) is 3. The molecule has 0 aromatic heterocycles. The van der Waals surface area contributed by atoms with Gasteiger partial charge in [-0.15, -0.1) is 0 Å². The lowest BCUT2D eigenvalue weighted by atomic mass is 10.0. The molecule has 0 saturated carbocycles. The van der Waals surface area contributed by atoms with Crippen molar-refractivity contribution in [3.63, 3.8) is 0 Å². The van der Waals surface area contributed by atoms with E-state index in [4.69, 9.17) is 0 Å². The average Bonchev–Trinajstić information content (AvgIpc) is 2.73. The predicted molar refractivity (Wildman–Crippen MR) is 70.7 cm³/mol. The van der Waals surface area contributed by atoms with Crippen LogP contribution in [0.2, 0.25) is 0 Å². The molecule has 1 aromatic carbocycles. The molecule has 0 radical (unpaired) electrons. The maximum absolute atomic E-state index is 13.3. The van der Waals surface area contributed by atoms with Gasteiger partial charge in [-0.05, 0) is 6.07 Å². The summed E-state index contributed by atoms with van der Waals surface area (Å²) in [7, 11) is 0. The van der Waals surface area contributed by atoms with Crippen LogP contribution in [-0.4, -0.2) is 18.0 Å². The van der Waals surface area contributed by atoms with Crippen molar-refractivity contribution in [1.82, 2.24) is 16.3 Å². The molecule has 1 saturated heterocycles. The maximum atomic E-state index is 13.3. The molecule has 3 N–H and O–H groups in total. The molecule has 1 heterocycles. The molecule has 1 aromatic rings. The van der Waals surface area contributed by atoms with Crippen molar-refractivity contribution >= 4 is 18.0 Å². The number of nitrogens with zero attached hydrogens (tertiary/aromatic N) is 1. The molecule has 1 aliphatic heterocycles. The van der Waals surface area contributed by atoms with Gasteiger partial charge in [-0.25, -0.2) is 9.82 Å². The number of carbonyl (C=O) groups excluding carboxylic acids is 2. The summed E-state index contributed by atoms with van der Waals surface area (Å²) in [5.74, 6) is -1.83. The highest BCUT2D eigenvalue weighted by Gasteiger charge is 2.29. The van der Waals surface area contributed by atoms with Crippen molar-refractivity contribution in [3.8, 4) is 0 Å². The number of hydrazone groups is 1. The third-order valence-electron chi connectivity index (χ3n) is 2.77. The van der Waals surface area contributed by atoms with Crippen molar-refractivity contribution in [3.05, 3.63) is 47.9 Å². The van der Waals surface area contributed by atoms with Crippen LogP contribution in [0, 0.1) is 11.7 Å². The van der Waals surface area contributed by atoms with E-state index >= 15 is 0 Å². The summed E-state index contributed by atoms with van der Waals surface area (Å²) in [6.45, 7) is 3.62. The molecular weight excluding hydrogens is 263 g/mol. The number of halogens is 1. The van der Waals surface area contributed by atoms with Crippen LogP contribution >= 0.6 is 0 Å². The van der Waals surface area contributed by atoms with Crippen LogP contribution < -0.4 is 16.3 Å². The largest absolute Gasteiger partial charge is 0.302 e. The van der Waals surface area contributed by atoms with Crippen LogP contribution in [-0.2, 0) is 9.59 Å². The molecule has 1 unspecified atom stereocenters. The number of hydrazine groups is 1. The zero-order valence-corrected chi connectivity index (χ0v) is 10.5. The van der Waals surface area contributed by atoms with Crippen molar-refractivity contribution in [2.45, 2.75) is 6.42 Å². The highest BCUT2D eigenvalue weighted by atomic mass is 19.1. The van der Waals surface area contributed by atoms with Gasteiger partial charge in [0.2, 0.25) is 11.8 Å². The topological polar surface area (TPSA) is 82.6 Å². The normalized spacial score (nSPS) is 17.9. The van der Waals surface area contributed by atoms with Gasteiger partial charge in [-0.1, -0.05) is 24.8 Å². The number of rotatable bonds is 4. The Kier molecular flexibility index (Phi) is 4.09. The molecular formula is C13H13FN4O2. The van der Waals surface area contributed by atoms with E-state index in [1.54, 1.807) is 12.1 Å². The molecule has 104 valence electrons. The third kappa shape index (κ3) is 3.19. The molecule has 0 spiro atoms. The van der Waals surface area contributed by atoms with Gasteiger partial charge in [0, 0.05) is 17.7 Å². The van der Waals surface area contributed by atoms with Crippen LogP contribution in [0.1, 0.15) is 12.0 Å². The lowest BCUT2D eigenvalue weighted by Gasteiger charge is -2.05. The van der Waals surface area contributed by atoms with E-state index < -0.39 is 17.6 Å². The number of benzene rings is 1. The van der Waals surface area contributed by atoms with Gasteiger partial charge in [-0.2, -0.15) is 5.10 Å². The van der Waals surface area contributed by atoms with Gasteiger partial charge < -0.3 is 5.43 Å². The highest BCUT2D eigenvalue weighted by molar-refractivity contribution is 5.90. The average molecular weight is 276 g/mol. The number of hydrogen-bond acceptors (Lipinski definition) is 4. The first-order valence-corrected chi connectivity index (χ1v) is 5.89. The molecule has 0 bridgehead atoms. The molecule has 2 amide bonds. The summed E-state index contributed by atoms with van der Waals surface area (Å²) in [6, 6.07) is 6.04. The van der Waals surface area contributed by atoms with E-state index in [1.165, 1.54) is 18.3 Å². The first kappa shape index (κ1) is 13.7. The first-order valence-electron chi connectivity index (χ1n) is 5.89. The van der Waals surface area contributed by atoms with Crippen LogP contribution in [0.5, 0.6) is 0 Å². The van der Waals surface area contributed by atoms with E-state index in [-0.39, 0.29) is 17.9 Å². The zero-order valence-electron chi connectivity index (χ0n) is 10.5. The van der Waals surface area contributed by atoms with E-state index in [1.807, 2.05) is 0 Å². The van der Waals surface area contributed by atoms with Crippen LogP contribution in [0.15, 0.2) is 41.6 Å². The minimum Gasteiger partial charge on any atom is -0.302 e. The number of amides is 2. The Balaban J connectivity index is 1.88. The quantitative estimate of drug-likeness (QED) is 0.551. The van der Waals surface area contributed by atoms with Crippen LogP contribution in [0.25, 0.3) is 0 Å². The van der Waals surface area contributed by atoms with E-state index in [0.29, 0.717) is 5.70 Å². The Hall–Kier alpha value is -2.70. The summed E-state index contributed by atoms with van der Waals surface area (Å²) < 4.78 is 13.3. The zero-order chi connectivity index (χ0) is 14.5. The maximum Gasteiger partial charge on any atom is 0.247 e. The van der Waals surface area contributed by atoms with Gasteiger partial charge >= 0.3 is 0 Å². The number of carbonyl (C=O) groups is 2. The summed E-state index contributed by atoms with van der Waals surface area (Å²) in [6.07, 6.45) is 1.13. The second kappa shape index (κ2) is 5.96. The minimum atomic E-state index is -0.626. The van der Waals surface area contributed by atoms with Crippen molar-refractivity contribution in [2.24, 2.45) is 11.0 Å². The fourth-order valence-electron chi connectivity index (χ4n) is 1.67. The molecule has 1 atom stereocenters. The van der Waals surface area contributed by atoms with Crippen LogP contribution in [0.3, 0.4) is 0 Å². The van der Waals surface area contributed by atoms with Gasteiger partial charge in [0.15, 0.2) is 0 Å². The smallest absolute Gasteiger partial charge is 0.247 e. The standard InChI is InChI=1S/C13H13FN4O2/c1-8-10(13(20)18-16-8)6-12(19)17-15-7-9-4-2-3-5-11(9)14/h2-5,7,10,16H,1,6H2,(H,17,19)(H,18,20). The summed E-state index contributed by atoms with van der Waals surface area (Å²) in [4.78, 5) is 23.0. The first-order chi connectivity index (χ1) is 9.58. The highest BCUT2D eigenvalue weighted by Crippen LogP contribution is 2.15. The molecule has 1 aliphatic rings. The Morgan fingerprint density at radius 2 is 2.20 bits per heavy atom. The fourth-order valence-corrected chi connectivity index (χ4v) is 1.67. The van der Waals surface area contributed by atoms with Crippen molar-refractivity contribution < 1.29 is 14.0 Å². The molecule has 2 rings (SSSR count). The second-order valence-electron chi connectivity index (χ2n) is 4.21. The Labute approximate surface area is 114 Å². The summed E-state index contributed by atoms with van der Waals surface area (Å²) in [5.41, 5.74) is 7.85. The van der Waals surface area contributed by atoms with Gasteiger partial charge in [0.25, 0.3) is 0 Å². The SMILES string of the molecule is C=C1NNC(=O)C1CC(=O)NN=Cc1ccccc1F. The minimum absolute atomic E-state index is 0.0771. The molecule has 6 nitrogen and oxygen atoms in total. The molecule has 7 heteroatoms. The molecule has 20 heavy (non-hydrogen) atoms. The molecule has 1 fully saturated rings. The van der Waals surface area contributed by atoms with Crippen LogP contribution in [0.4, 0.5) is 4.39 Å². The fraction of sp³-hybridized carbons (Fsp3) is 0.154. The van der Waals surface area contributed by atoms with E-state index in [0.717, 1.165) is 0 Å². The summed E-state index contributed by atoms with van der Waals surface area (Å²) in [5, 5.41) is 3.65. The van der Waals surface area contributed by atoms with Gasteiger partial charge in [0.1, 0.15) is 5.82 Å². The lowest BCUT2D eigenvalue weighted by molar-refractivity contribution is -0.127. The van der Waals surface area contributed by atoms with Gasteiger partial charge in [0.05, 0.1) is 12.1 Å². The Morgan fingerprint density at radius 1 is 1.45 bits per heavy atom. The van der Waals surface area contributed by atoms with E-state index in [2.05, 4.69) is 28.0 Å². The lowest BCUT2D eigenvalue weighted by Crippen LogP contribution is -2.27. The van der Waals surface area contributed by atoms with Gasteiger partial charge in [-0.3, -0.25) is 15.0 Å². The van der Waals surface area contributed by atoms with Crippen molar-refractivity contribution in [1.29, 1.82) is 0 Å².